The number of aromatic amines is 1. The van der Waals surface area contributed by atoms with E-state index in [-0.39, 0.29) is 12.3 Å². The van der Waals surface area contributed by atoms with E-state index in [4.69, 9.17) is 16.7 Å². The fraction of sp³-hybridized carbons (Fsp3) is 0.400. The highest BCUT2D eigenvalue weighted by Crippen LogP contribution is 2.11. The molecular formula is C10H13ClN2O3. The van der Waals surface area contributed by atoms with Crippen LogP contribution in [-0.4, -0.2) is 40.5 Å². The molecular weight excluding hydrogens is 232 g/mol. The van der Waals surface area contributed by atoms with Gasteiger partial charge in [0, 0.05) is 26.2 Å². The van der Waals surface area contributed by atoms with Crippen molar-refractivity contribution in [3.63, 3.8) is 0 Å². The van der Waals surface area contributed by atoms with Gasteiger partial charge in [0.05, 0.1) is 5.02 Å². The Hall–Kier alpha value is -1.49. The average molecular weight is 245 g/mol. The summed E-state index contributed by atoms with van der Waals surface area (Å²) in [5.41, 5.74) is 0.405. The van der Waals surface area contributed by atoms with E-state index in [1.54, 1.807) is 7.05 Å². The Labute approximate surface area is 98.0 Å². The topological polar surface area (TPSA) is 73.4 Å². The third-order valence-corrected chi connectivity index (χ3v) is 2.33. The molecule has 0 saturated carbocycles. The lowest BCUT2D eigenvalue weighted by molar-refractivity contribution is -0.137. The number of H-pyrrole nitrogens is 1. The van der Waals surface area contributed by atoms with Gasteiger partial charge in [0.2, 0.25) is 0 Å². The Balaban J connectivity index is 2.45. The Morgan fingerprint density at radius 2 is 2.25 bits per heavy atom. The molecule has 0 aliphatic rings. The van der Waals surface area contributed by atoms with Crippen LogP contribution in [-0.2, 0) is 4.79 Å². The molecule has 0 fully saturated rings. The van der Waals surface area contributed by atoms with Crippen molar-refractivity contribution in [2.45, 2.75) is 12.8 Å². The molecule has 1 aromatic heterocycles. The molecule has 1 rings (SSSR count). The first-order valence-electron chi connectivity index (χ1n) is 4.82. The molecule has 0 aliphatic carbocycles. The summed E-state index contributed by atoms with van der Waals surface area (Å²) >= 11 is 5.68. The number of nitrogens with one attached hydrogen (secondary N) is 1. The van der Waals surface area contributed by atoms with E-state index < -0.39 is 5.97 Å². The van der Waals surface area contributed by atoms with Gasteiger partial charge in [-0.2, -0.15) is 0 Å². The van der Waals surface area contributed by atoms with Crippen LogP contribution in [0.4, 0.5) is 0 Å². The normalized spacial score (nSPS) is 10.1. The zero-order valence-electron chi connectivity index (χ0n) is 8.86. The Morgan fingerprint density at radius 3 is 2.75 bits per heavy atom. The van der Waals surface area contributed by atoms with Gasteiger partial charge in [0.25, 0.3) is 5.91 Å². The minimum Gasteiger partial charge on any atom is -0.481 e. The number of carboxylic acids is 1. The standard InChI is InChI=1S/C10H13ClN2O3/c1-13(4-2-3-9(14)15)10(16)8-5-7(11)6-12-8/h5-6,12H,2-4H2,1H3,(H,14,15). The van der Waals surface area contributed by atoms with Gasteiger partial charge in [-0.15, -0.1) is 0 Å². The van der Waals surface area contributed by atoms with Gasteiger partial charge in [-0.3, -0.25) is 9.59 Å². The molecule has 0 saturated heterocycles. The van der Waals surface area contributed by atoms with Gasteiger partial charge in [0.15, 0.2) is 0 Å². The van der Waals surface area contributed by atoms with Gasteiger partial charge in [-0.25, -0.2) is 0 Å². The third-order valence-electron chi connectivity index (χ3n) is 2.11. The molecule has 2 N–H and O–H groups in total. The van der Waals surface area contributed by atoms with E-state index in [9.17, 15) is 9.59 Å². The number of hydrogen-bond acceptors (Lipinski definition) is 2. The maximum absolute atomic E-state index is 11.7. The number of carboxylic acid groups (broad SMARTS) is 1. The Bertz CT molecular complexity index is 389. The third kappa shape index (κ3) is 3.58. The van der Waals surface area contributed by atoms with Gasteiger partial charge in [-0.05, 0) is 12.5 Å². The predicted octanol–water partition coefficient (Wildman–Crippen LogP) is 1.60. The molecule has 6 heteroatoms. The van der Waals surface area contributed by atoms with Crippen LogP contribution < -0.4 is 0 Å². The van der Waals surface area contributed by atoms with Crippen LogP contribution in [0.3, 0.4) is 0 Å². The van der Waals surface area contributed by atoms with E-state index in [0.29, 0.717) is 23.7 Å². The number of nitrogens with zero attached hydrogens (tertiary/aromatic N) is 1. The molecule has 0 atom stereocenters. The monoisotopic (exact) mass is 244 g/mol. The first-order valence-corrected chi connectivity index (χ1v) is 5.19. The van der Waals surface area contributed by atoms with Gasteiger partial charge in [-0.1, -0.05) is 11.6 Å². The number of rotatable bonds is 5. The fourth-order valence-electron chi connectivity index (χ4n) is 1.27. The van der Waals surface area contributed by atoms with E-state index in [2.05, 4.69) is 4.98 Å². The lowest BCUT2D eigenvalue weighted by atomic mass is 10.3. The first-order chi connectivity index (χ1) is 7.50. The van der Waals surface area contributed by atoms with Crippen LogP contribution in [0.15, 0.2) is 12.3 Å². The van der Waals surface area contributed by atoms with E-state index in [1.165, 1.54) is 17.2 Å². The highest BCUT2D eigenvalue weighted by molar-refractivity contribution is 6.30. The number of carbonyl (C=O) groups is 2. The molecule has 1 amide bonds. The second-order valence-electron chi connectivity index (χ2n) is 3.46. The van der Waals surface area contributed by atoms with Gasteiger partial charge >= 0.3 is 5.97 Å². The second-order valence-corrected chi connectivity index (χ2v) is 3.89. The van der Waals surface area contributed by atoms with E-state index >= 15 is 0 Å². The summed E-state index contributed by atoms with van der Waals surface area (Å²) in [6.45, 7) is 0.405. The van der Waals surface area contributed by atoms with Crippen molar-refractivity contribution in [2.24, 2.45) is 0 Å². The van der Waals surface area contributed by atoms with Gasteiger partial charge < -0.3 is 15.0 Å². The number of aromatic nitrogens is 1. The van der Waals surface area contributed by atoms with Crippen LogP contribution in [0, 0.1) is 0 Å². The lowest BCUT2D eigenvalue weighted by Gasteiger charge is -2.15. The highest BCUT2D eigenvalue weighted by Gasteiger charge is 2.13. The van der Waals surface area contributed by atoms with Crippen molar-refractivity contribution in [1.29, 1.82) is 0 Å². The van der Waals surface area contributed by atoms with Crippen molar-refractivity contribution in [1.82, 2.24) is 9.88 Å². The number of halogens is 1. The predicted molar refractivity (Wildman–Crippen MR) is 59.6 cm³/mol. The maximum atomic E-state index is 11.7. The summed E-state index contributed by atoms with van der Waals surface area (Å²) in [4.78, 5) is 26.2. The molecule has 0 aromatic carbocycles. The van der Waals surface area contributed by atoms with Crippen LogP contribution in [0.25, 0.3) is 0 Å². The van der Waals surface area contributed by atoms with Gasteiger partial charge in [0.1, 0.15) is 5.69 Å². The largest absolute Gasteiger partial charge is 0.481 e. The summed E-state index contributed by atoms with van der Waals surface area (Å²) in [7, 11) is 1.62. The van der Waals surface area contributed by atoms with E-state index in [0.717, 1.165) is 0 Å². The quantitative estimate of drug-likeness (QED) is 0.826. The van der Waals surface area contributed by atoms with Crippen molar-refractivity contribution in [3.05, 3.63) is 23.0 Å². The molecule has 1 aromatic rings. The number of hydrogen-bond donors (Lipinski definition) is 2. The molecule has 0 spiro atoms. The molecule has 0 unspecified atom stereocenters. The number of amides is 1. The van der Waals surface area contributed by atoms with Crippen LogP contribution >= 0.6 is 11.6 Å². The van der Waals surface area contributed by atoms with Crippen molar-refractivity contribution in [2.75, 3.05) is 13.6 Å². The maximum Gasteiger partial charge on any atom is 0.303 e. The van der Waals surface area contributed by atoms with Crippen LogP contribution in [0.2, 0.25) is 5.02 Å². The number of carbonyl (C=O) groups excluding carboxylic acids is 1. The zero-order valence-corrected chi connectivity index (χ0v) is 9.62. The molecule has 0 radical (unpaired) electrons. The summed E-state index contributed by atoms with van der Waals surface area (Å²) in [6, 6.07) is 1.54. The molecule has 88 valence electrons. The Morgan fingerprint density at radius 1 is 1.56 bits per heavy atom. The molecule has 16 heavy (non-hydrogen) atoms. The fourth-order valence-corrected chi connectivity index (χ4v) is 1.43. The minimum atomic E-state index is -0.858. The minimum absolute atomic E-state index is 0.0586. The molecule has 5 nitrogen and oxygen atoms in total. The van der Waals surface area contributed by atoms with Crippen molar-refractivity contribution in [3.8, 4) is 0 Å². The zero-order chi connectivity index (χ0) is 12.1. The summed E-state index contributed by atoms with van der Waals surface area (Å²) in [5.74, 6) is -1.05. The second kappa shape index (κ2) is 5.55. The van der Waals surface area contributed by atoms with Crippen LogP contribution in [0.1, 0.15) is 23.3 Å². The summed E-state index contributed by atoms with van der Waals surface area (Å²) in [5, 5.41) is 8.93. The first kappa shape index (κ1) is 12.6. The van der Waals surface area contributed by atoms with Crippen molar-refractivity contribution >= 4 is 23.5 Å². The highest BCUT2D eigenvalue weighted by atomic mass is 35.5. The molecule has 0 aliphatic heterocycles. The summed E-state index contributed by atoms with van der Waals surface area (Å²) < 4.78 is 0. The Kier molecular flexibility index (Phi) is 4.37. The number of aliphatic carboxylic acids is 1. The molecule has 0 bridgehead atoms. The van der Waals surface area contributed by atoms with Crippen LogP contribution in [0.5, 0.6) is 0 Å². The average Bonchev–Trinajstić information content (AvgIpc) is 2.63. The smallest absolute Gasteiger partial charge is 0.303 e. The summed E-state index contributed by atoms with van der Waals surface area (Å²) in [6.07, 6.45) is 2.02. The lowest BCUT2D eigenvalue weighted by Crippen LogP contribution is -2.28. The van der Waals surface area contributed by atoms with E-state index in [1.807, 2.05) is 0 Å². The van der Waals surface area contributed by atoms with Crippen molar-refractivity contribution < 1.29 is 14.7 Å². The molecule has 1 heterocycles. The SMILES string of the molecule is CN(CCCC(=O)O)C(=O)c1cc(Cl)c[nH]1.